The van der Waals surface area contributed by atoms with Crippen LogP contribution in [0, 0.1) is 23.7 Å². The molecule has 2 rings (SSSR count). The minimum absolute atomic E-state index is 0.0657. The summed E-state index contributed by atoms with van der Waals surface area (Å²) >= 11 is 0. The summed E-state index contributed by atoms with van der Waals surface area (Å²) in [5.41, 5.74) is 2.23. The van der Waals surface area contributed by atoms with Gasteiger partial charge in [0.1, 0.15) is 6.61 Å². The molecule has 2 amide bonds. The third-order valence-electron chi connectivity index (χ3n) is 5.54. The second-order valence-electron chi connectivity index (χ2n) is 7.99. The molecule has 154 valence electrons. The van der Waals surface area contributed by atoms with Gasteiger partial charge in [-0.2, -0.15) is 0 Å². The molecule has 1 aromatic rings. The number of ether oxygens (including phenoxy) is 1. The first kappa shape index (κ1) is 22.1. The predicted molar refractivity (Wildman–Crippen MR) is 109 cm³/mol. The first-order valence-corrected chi connectivity index (χ1v) is 10.00. The summed E-state index contributed by atoms with van der Waals surface area (Å²) in [6, 6.07) is 3.82. The topological polar surface area (TPSA) is 80.3 Å². The van der Waals surface area contributed by atoms with E-state index in [1.165, 1.54) is 12.7 Å². The van der Waals surface area contributed by atoms with Crippen LogP contribution in [0.25, 0.3) is 0 Å². The lowest BCUT2D eigenvalue weighted by molar-refractivity contribution is -0.125. The SMILES string of the molecule is COCC(=O)NCC1C=C(C)C(CC(=O)NCc2cccnc2)CC1C(C)C. The van der Waals surface area contributed by atoms with Crippen LogP contribution in [-0.2, 0) is 20.9 Å². The first-order chi connectivity index (χ1) is 13.4. The van der Waals surface area contributed by atoms with Crippen LogP contribution >= 0.6 is 0 Å². The summed E-state index contributed by atoms with van der Waals surface area (Å²) in [4.78, 5) is 28.2. The monoisotopic (exact) mass is 387 g/mol. The van der Waals surface area contributed by atoms with Crippen molar-refractivity contribution in [2.24, 2.45) is 23.7 Å². The summed E-state index contributed by atoms with van der Waals surface area (Å²) in [7, 11) is 1.52. The minimum Gasteiger partial charge on any atom is -0.375 e. The van der Waals surface area contributed by atoms with E-state index in [2.05, 4.69) is 42.5 Å². The number of methoxy groups -OCH3 is 1. The Morgan fingerprint density at radius 2 is 2.07 bits per heavy atom. The van der Waals surface area contributed by atoms with Crippen LogP contribution in [-0.4, -0.2) is 37.1 Å². The Morgan fingerprint density at radius 1 is 1.29 bits per heavy atom. The van der Waals surface area contributed by atoms with Gasteiger partial charge in [-0.25, -0.2) is 0 Å². The van der Waals surface area contributed by atoms with Crippen molar-refractivity contribution in [3.8, 4) is 0 Å². The number of allylic oxidation sites excluding steroid dienone is 1. The molecular weight excluding hydrogens is 354 g/mol. The molecule has 1 heterocycles. The fraction of sp³-hybridized carbons (Fsp3) is 0.591. The van der Waals surface area contributed by atoms with Crippen molar-refractivity contribution in [1.29, 1.82) is 0 Å². The highest BCUT2D eigenvalue weighted by atomic mass is 16.5. The number of hydrogen-bond donors (Lipinski definition) is 2. The lowest BCUT2D eigenvalue weighted by Gasteiger charge is -2.37. The highest BCUT2D eigenvalue weighted by Crippen LogP contribution is 2.38. The molecule has 2 N–H and O–H groups in total. The van der Waals surface area contributed by atoms with Gasteiger partial charge < -0.3 is 15.4 Å². The molecule has 6 heteroatoms. The van der Waals surface area contributed by atoms with Crippen LogP contribution < -0.4 is 10.6 Å². The number of carbonyl (C=O) groups excluding carboxylic acids is 2. The van der Waals surface area contributed by atoms with Gasteiger partial charge in [0, 0.05) is 39.0 Å². The van der Waals surface area contributed by atoms with E-state index < -0.39 is 0 Å². The molecule has 3 atom stereocenters. The van der Waals surface area contributed by atoms with Gasteiger partial charge >= 0.3 is 0 Å². The highest BCUT2D eigenvalue weighted by molar-refractivity contribution is 5.77. The van der Waals surface area contributed by atoms with Gasteiger partial charge in [0.15, 0.2) is 0 Å². The molecule has 3 unspecified atom stereocenters. The maximum Gasteiger partial charge on any atom is 0.246 e. The highest BCUT2D eigenvalue weighted by Gasteiger charge is 2.32. The third-order valence-corrected chi connectivity index (χ3v) is 5.54. The van der Waals surface area contributed by atoms with Gasteiger partial charge in [-0.1, -0.05) is 31.6 Å². The molecule has 1 aliphatic rings. The second-order valence-corrected chi connectivity index (χ2v) is 7.99. The van der Waals surface area contributed by atoms with Crippen molar-refractivity contribution in [1.82, 2.24) is 15.6 Å². The van der Waals surface area contributed by atoms with Crippen LogP contribution in [0.15, 0.2) is 36.2 Å². The lowest BCUT2D eigenvalue weighted by atomic mass is 9.69. The molecule has 0 saturated carbocycles. The Labute approximate surface area is 168 Å². The average molecular weight is 388 g/mol. The Kier molecular flexibility index (Phi) is 8.64. The van der Waals surface area contributed by atoms with E-state index in [0.717, 1.165) is 12.0 Å². The minimum atomic E-state index is -0.0898. The Bertz CT molecular complexity index is 673. The van der Waals surface area contributed by atoms with Crippen LogP contribution in [0.1, 0.15) is 39.2 Å². The smallest absolute Gasteiger partial charge is 0.246 e. The largest absolute Gasteiger partial charge is 0.375 e. The molecule has 1 aliphatic carbocycles. The Balaban J connectivity index is 1.93. The van der Waals surface area contributed by atoms with Crippen LogP contribution in [0.4, 0.5) is 0 Å². The molecule has 0 bridgehead atoms. The molecule has 0 radical (unpaired) electrons. The van der Waals surface area contributed by atoms with Crippen LogP contribution in [0.3, 0.4) is 0 Å². The Hall–Kier alpha value is -2.21. The van der Waals surface area contributed by atoms with Gasteiger partial charge in [0.2, 0.25) is 11.8 Å². The number of rotatable bonds is 9. The predicted octanol–water partition coefficient (Wildman–Crippen LogP) is 2.71. The van der Waals surface area contributed by atoms with Crippen molar-refractivity contribution in [2.75, 3.05) is 20.3 Å². The van der Waals surface area contributed by atoms with Crippen LogP contribution in [0.2, 0.25) is 0 Å². The summed E-state index contributed by atoms with van der Waals surface area (Å²) in [6.45, 7) is 7.72. The van der Waals surface area contributed by atoms with Gasteiger partial charge in [0.25, 0.3) is 0 Å². The van der Waals surface area contributed by atoms with E-state index in [4.69, 9.17) is 4.74 Å². The van der Waals surface area contributed by atoms with Gasteiger partial charge in [0.05, 0.1) is 0 Å². The number of carbonyl (C=O) groups is 2. The lowest BCUT2D eigenvalue weighted by Crippen LogP contribution is -2.38. The Morgan fingerprint density at radius 3 is 2.71 bits per heavy atom. The van der Waals surface area contributed by atoms with E-state index in [1.807, 2.05) is 12.1 Å². The number of pyridine rings is 1. The number of nitrogens with one attached hydrogen (secondary N) is 2. The molecular formula is C22H33N3O3. The zero-order chi connectivity index (χ0) is 20.5. The molecule has 6 nitrogen and oxygen atoms in total. The van der Waals surface area contributed by atoms with E-state index in [-0.39, 0.29) is 30.3 Å². The van der Waals surface area contributed by atoms with E-state index >= 15 is 0 Å². The van der Waals surface area contributed by atoms with Crippen molar-refractivity contribution in [3.05, 3.63) is 41.7 Å². The number of aromatic nitrogens is 1. The number of hydrogen-bond acceptors (Lipinski definition) is 4. The van der Waals surface area contributed by atoms with Crippen molar-refractivity contribution in [2.45, 2.75) is 40.2 Å². The molecule has 0 fully saturated rings. The maximum absolute atomic E-state index is 12.4. The standard InChI is InChI=1S/C22H33N3O3/c1-15(2)20-9-18(10-21(26)24-12-17-6-5-7-23-11-17)16(3)8-19(20)13-25-22(27)14-28-4/h5-8,11,15,18-20H,9-10,12-14H2,1-4H3,(H,24,26)(H,25,27). The maximum atomic E-state index is 12.4. The zero-order valence-corrected chi connectivity index (χ0v) is 17.4. The zero-order valence-electron chi connectivity index (χ0n) is 17.4. The van der Waals surface area contributed by atoms with Crippen LogP contribution in [0.5, 0.6) is 0 Å². The molecule has 0 aliphatic heterocycles. The summed E-state index contributed by atoms with van der Waals surface area (Å²) in [5.74, 6) is 1.42. The van der Waals surface area contributed by atoms with Crippen molar-refractivity contribution in [3.63, 3.8) is 0 Å². The normalized spacial score (nSPS) is 21.9. The summed E-state index contributed by atoms with van der Waals surface area (Å²) in [6.07, 6.45) is 7.20. The van der Waals surface area contributed by atoms with Crippen molar-refractivity contribution >= 4 is 11.8 Å². The second kappa shape index (κ2) is 11.0. The fourth-order valence-corrected chi connectivity index (χ4v) is 3.92. The fourth-order valence-electron chi connectivity index (χ4n) is 3.92. The first-order valence-electron chi connectivity index (χ1n) is 10.00. The van der Waals surface area contributed by atoms with Gasteiger partial charge in [-0.15, -0.1) is 0 Å². The number of nitrogens with zero attached hydrogens (tertiary/aromatic N) is 1. The number of amides is 2. The van der Waals surface area contributed by atoms with E-state index in [1.54, 1.807) is 12.4 Å². The summed E-state index contributed by atoms with van der Waals surface area (Å²) in [5, 5.41) is 5.96. The molecule has 0 aromatic carbocycles. The van der Waals surface area contributed by atoms with Gasteiger partial charge in [-0.05, 0) is 48.6 Å². The quantitative estimate of drug-likeness (QED) is 0.639. The molecule has 28 heavy (non-hydrogen) atoms. The molecule has 0 saturated heterocycles. The van der Waals surface area contributed by atoms with E-state index in [0.29, 0.717) is 31.3 Å². The van der Waals surface area contributed by atoms with Gasteiger partial charge in [-0.3, -0.25) is 14.6 Å². The molecule has 0 spiro atoms. The summed E-state index contributed by atoms with van der Waals surface area (Å²) < 4.78 is 4.88. The third kappa shape index (κ3) is 6.75. The van der Waals surface area contributed by atoms with Crippen molar-refractivity contribution < 1.29 is 14.3 Å². The average Bonchev–Trinajstić information content (AvgIpc) is 2.67. The van der Waals surface area contributed by atoms with E-state index in [9.17, 15) is 9.59 Å². The molecule has 1 aromatic heterocycles.